The standard InChI is InChI=1S/C52H99NO5/c1-3-5-7-17-29-47-31-19-15-21-35-49-39-40-50(49)36-22-16-20-32-48(30-18-8-6-4-2)34-28-46-58-52(56)38-24-12-10-14-26-42-53(43-44-54)41-25-13-9-11-23-37-51(55)57-45-27-33-47/h47-50,54H,3-46H2,1-2H3. The van der Waals surface area contributed by atoms with Crippen molar-refractivity contribution in [3.63, 3.8) is 0 Å². The Labute approximate surface area is 360 Å². The number of carbonyl (C=O) groups is 2. The highest BCUT2D eigenvalue weighted by Crippen LogP contribution is 2.41. The van der Waals surface area contributed by atoms with Crippen molar-refractivity contribution in [3.05, 3.63) is 0 Å². The number of aliphatic hydroxyl groups excluding tert-OH is 1. The van der Waals surface area contributed by atoms with Gasteiger partial charge in [0.2, 0.25) is 0 Å². The summed E-state index contributed by atoms with van der Waals surface area (Å²) in [4.78, 5) is 27.3. The van der Waals surface area contributed by atoms with E-state index < -0.39 is 0 Å². The lowest BCUT2D eigenvalue weighted by atomic mass is 9.69. The van der Waals surface area contributed by atoms with Gasteiger partial charge in [-0.3, -0.25) is 9.59 Å². The lowest BCUT2D eigenvalue weighted by molar-refractivity contribution is -0.144. The highest BCUT2D eigenvalue weighted by Gasteiger charge is 2.29. The second-order valence-electron chi connectivity index (χ2n) is 19.1. The van der Waals surface area contributed by atoms with Crippen molar-refractivity contribution < 1.29 is 24.2 Å². The lowest BCUT2D eigenvalue weighted by Crippen LogP contribution is -2.29. The number of unbranched alkanes of at least 4 members (excludes halogenated alkanes) is 6. The maximum atomic E-state index is 12.5. The van der Waals surface area contributed by atoms with Crippen molar-refractivity contribution in [1.82, 2.24) is 4.90 Å². The van der Waals surface area contributed by atoms with Crippen LogP contribution in [-0.4, -0.2) is 61.4 Å². The third kappa shape index (κ3) is 30.0. The summed E-state index contributed by atoms with van der Waals surface area (Å²) in [5.41, 5.74) is 0. The molecule has 342 valence electrons. The first-order valence-corrected chi connectivity index (χ1v) is 26.2. The topological polar surface area (TPSA) is 76.1 Å². The van der Waals surface area contributed by atoms with Gasteiger partial charge in [-0.15, -0.1) is 0 Å². The number of cyclic esters (lactones) is 2. The van der Waals surface area contributed by atoms with Crippen LogP contribution in [0.25, 0.3) is 0 Å². The third-order valence-electron chi connectivity index (χ3n) is 14.0. The van der Waals surface area contributed by atoms with Crippen LogP contribution in [0.15, 0.2) is 0 Å². The quantitative estimate of drug-likeness (QED) is 0.156. The number of fused-ring (bicyclic) bond motifs is 1. The second kappa shape index (κ2) is 38.8. The monoisotopic (exact) mass is 818 g/mol. The van der Waals surface area contributed by atoms with Gasteiger partial charge in [-0.25, -0.2) is 0 Å². The molecule has 0 aromatic carbocycles. The molecule has 0 aromatic heterocycles. The third-order valence-corrected chi connectivity index (χ3v) is 14.0. The minimum Gasteiger partial charge on any atom is -0.466 e. The van der Waals surface area contributed by atoms with Gasteiger partial charge < -0.3 is 19.5 Å². The minimum atomic E-state index is -0.00530. The van der Waals surface area contributed by atoms with Gasteiger partial charge >= 0.3 is 11.9 Å². The molecular weight excluding hydrogens is 719 g/mol. The van der Waals surface area contributed by atoms with E-state index in [9.17, 15) is 14.7 Å². The fraction of sp³-hybridized carbons (Fsp3) is 0.962. The summed E-state index contributed by atoms with van der Waals surface area (Å²) in [7, 11) is 0. The van der Waals surface area contributed by atoms with Crippen molar-refractivity contribution >= 4 is 11.9 Å². The van der Waals surface area contributed by atoms with Crippen molar-refractivity contribution in [2.45, 2.75) is 258 Å². The number of β-amino-alcohol motifs (C(OH)–C–C–N with tert-alkyl or cyclic N) is 1. The summed E-state index contributed by atoms with van der Waals surface area (Å²) in [6.45, 7) is 8.83. The predicted octanol–water partition coefficient (Wildman–Crippen LogP) is 14.7. The molecule has 58 heavy (non-hydrogen) atoms. The molecule has 2 aliphatic rings. The van der Waals surface area contributed by atoms with E-state index in [0.29, 0.717) is 26.1 Å². The van der Waals surface area contributed by atoms with Crippen LogP contribution in [-0.2, 0) is 19.1 Å². The first-order chi connectivity index (χ1) is 28.5. The maximum Gasteiger partial charge on any atom is 0.305 e. The smallest absolute Gasteiger partial charge is 0.305 e. The van der Waals surface area contributed by atoms with Gasteiger partial charge in [0, 0.05) is 19.4 Å². The van der Waals surface area contributed by atoms with E-state index in [-0.39, 0.29) is 18.5 Å². The zero-order valence-corrected chi connectivity index (χ0v) is 38.9. The van der Waals surface area contributed by atoms with E-state index in [1.54, 1.807) is 0 Å². The Hall–Kier alpha value is -1.14. The Bertz CT molecular complexity index is 857. The van der Waals surface area contributed by atoms with E-state index in [2.05, 4.69) is 18.7 Å². The summed E-state index contributed by atoms with van der Waals surface area (Å²) in [6.07, 6.45) is 47.0. The summed E-state index contributed by atoms with van der Waals surface area (Å²) in [5.74, 6) is 3.57. The van der Waals surface area contributed by atoms with Gasteiger partial charge in [0.15, 0.2) is 0 Å². The van der Waals surface area contributed by atoms with Crippen LogP contribution in [0.3, 0.4) is 0 Å². The molecule has 1 aliphatic heterocycles. The fourth-order valence-corrected chi connectivity index (χ4v) is 10.0. The first-order valence-electron chi connectivity index (χ1n) is 26.2. The van der Waals surface area contributed by atoms with Gasteiger partial charge in [0.25, 0.3) is 0 Å². The largest absolute Gasteiger partial charge is 0.466 e. The Morgan fingerprint density at radius 1 is 0.466 bits per heavy atom. The van der Waals surface area contributed by atoms with Gasteiger partial charge in [0.1, 0.15) is 0 Å². The Balaban J connectivity index is 1.81. The summed E-state index contributed by atoms with van der Waals surface area (Å²) in [5, 5.41) is 9.59. The molecule has 0 radical (unpaired) electrons. The molecule has 2 rings (SSSR count). The molecule has 1 saturated carbocycles. The van der Waals surface area contributed by atoms with Crippen LogP contribution in [0.4, 0.5) is 0 Å². The zero-order valence-electron chi connectivity index (χ0n) is 38.9. The number of ether oxygens (including phenoxy) is 2. The number of esters is 2. The van der Waals surface area contributed by atoms with Crippen LogP contribution >= 0.6 is 0 Å². The van der Waals surface area contributed by atoms with Crippen LogP contribution in [0.5, 0.6) is 0 Å². The molecule has 2 fully saturated rings. The molecule has 0 bridgehead atoms. The van der Waals surface area contributed by atoms with E-state index >= 15 is 0 Å². The molecule has 4 unspecified atom stereocenters. The number of carbonyl (C=O) groups excluding carboxylic acids is 2. The first kappa shape index (κ1) is 53.0. The molecule has 0 spiro atoms. The van der Waals surface area contributed by atoms with Crippen molar-refractivity contribution in [2.24, 2.45) is 23.7 Å². The highest BCUT2D eigenvalue weighted by atomic mass is 16.5. The van der Waals surface area contributed by atoms with E-state index in [0.717, 1.165) is 108 Å². The number of aliphatic hydroxyl groups is 1. The lowest BCUT2D eigenvalue weighted by Gasteiger charge is -2.37. The van der Waals surface area contributed by atoms with Crippen LogP contribution < -0.4 is 0 Å². The van der Waals surface area contributed by atoms with E-state index in [1.807, 2.05) is 0 Å². The Kier molecular flexibility index (Phi) is 35.4. The van der Waals surface area contributed by atoms with E-state index in [1.165, 1.54) is 167 Å². The number of rotatable bonds is 12. The normalized spacial score (nSPS) is 26.1. The second-order valence-corrected chi connectivity index (χ2v) is 19.1. The van der Waals surface area contributed by atoms with Crippen LogP contribution in [0.2, 0.25) is 0 Å². The summed E-state index contributed by atoms with van der Waals surface area (Å²) >= 11 is 0. The van der Waals surface area contributed by atoms with Crippen LogP contribution in [0, 0.1) is 23.7 Å². The van der Waals surface area contributed by atoms with E-state index in [4.69, 9.17) is 9.47 Å². The number of nitrogens with zero attached hydrogens (tertiary/aromatic N) is 1. The van der Waals surface area contributed by atoms with Gasteiger partial charge in [-0.2, -0.15) is 0 Å². The highest BCUT2D eigenvalue weighted by molar-refractivity contribution is 5.69. The molecule has 6 heteroatoms. The average molecular weight is 818 g/mol. The van der Waals surface area contributed by atoms with Crippen molar-refractivity contribution in [3.8, 4) is 0 Å². The predicted molar refractivity (Wildman–Crippen MR) is 246 cm³/mol. The number of hydrogen-bond acceptors (Lipinski definition) is 6. The Morgan fingerprint density at radius 2 is 0.862 bits per heavy atom. The van der Waals surface area contributed by atoms with Gasteiger partial charge in [-0.05, 0) is 101 Å². The molecule has 0 amide bonds. The molecule has 0 aromatic rings. The molecule has 4 atom stereocenters. The molecule has 6 nitrogen and oxygen atoms in total. The molecular formula is C52H99NO5. The molecule has 1 heterocycles. The molecule has 1 aliphatic carbocycles. The molecule has 1 N–H and O–H groups in total. The molecule has 1 saturated heterocycles. The van der Waals surface area contributed by atoms with Crippen LogP contribution in [0.1, 0.15) is 258 Å². The van der Waals surface area contributed by atoms with Gasteiger partial charge in [0.05, 0.1) is 19.8 Å². The average Bonchev–Trinajstić information content (AvgIpc) is 3.21. The van der Waals surface area contributed by atoms with Crippen molar-refractivity contribution in [2.75, 3.05) is 39.5 Å². The number of hydrogen-bond donors (Lipinski definition) is 1. The zero-order chi connectivity index (χ0) is 41.6. The van der Waals surface area contributed by atoms with Gasteiger partial charge in [-0.1, -0.05) is 181 Å². The fourth-order valence-electron chi connectivity index (χ4n) is 10.0. The SMILES string of the molecule is CCCCCCC1CCCCCC2CCC2CCCCCC(CCCCCC)CCCOC(=O)CCCCCCCN(CCO)CCCCCCCC(=O)OCCC1. The van der Waals surface area contributed by atoms with Crippen molar-refractivity contribution in [1.29, 1.82) is 0 Å². The maximum absolute atomic E-state index is 12.5. The minimum absolute atomic E-state index is 0.00530. The Morgan fingerprint density at radius 3 is 1.29 bits per heavy atom. The summed E-state index contributed by atoms with van der Waals surface area (Å²) < 4.78 is 11.4. The summed E-state index contributed by atoms with van der Waals surface area (Å²) in [6, 6.07) is 0.